The number of ether oxygens (including phenoxy) is 1. The summed E-state index contributed by atoms with van der Waals surface area (Å²) in [6, 6.07) is 15.8. The van der Waals surface area contributed by atoms with Crippen LogP contribution < -0.4 is 10.1 Å². The minimum absolute atomic E-state index is 0.220. The average Bonchev–Trinajstić information content (AvgIpc) is 2.80. The molecular formula is C30H41NO3. The summed E-state index contributed by atoms with van der Waals surface area (Å²) < 4.78 is 5.95. The summed E-state index contributed by atoms with van der Waals surface area (Å²) in [5.74, 6) is 2.27. The summed E-state index contributed by atoms with van der Waals surface area (Å²) in [6.07, 6.45) is 11.9. The van der Waals surface area contributed by atoms with Crippen molar-refractivity contribution in [2.45, 2.75) is 71.1 Å². The van der Waals surface area contributed by atoms with Gasteiger partial charge in [-0.3, -0.25) is 4.79 Å². The van der Waals surface area contributed by atoms with Crippen LogP contribution in [0.3, 0.4) is 0 Å². The number of allylic oxidation sites excluding steroid dienone is 2. The van der Waals surface area contributed by atoms with Crippen LogP contribution in [0, 0.1) is 11.8 Å². The predicted molar refractivity (Wildman–Crippen MR) is 139 cm³/mol. The molecule has 184 valence electrons. The normalized spacial score (nSPS) is 16.6. The Hall–Kier alpha value is -2.75. The zero-order valence-electron chi connectivity index (χ0n) is 21.1. The third-order valence-electron chi connectivity index (χ3n) is 7.22. The Morgan fingerprint density at radius 1 is 1.12 bits per heavy atom. The molecule has 34 heavy (non-hydrogen) atoms. The van der Waals surface area contributed by atoms with E-state index in [4.69, 9.17) is 4.74 Å². The number of unbranched alkanes of at least 4 members (excludes halogenated alkanes) is 1. The van der Waals surface area contributed by atoms with E-state index in [-0.39, 0.29) is 23.0 Å². The van der Waals surface area contributed by atoms with E-state index >= 15 is 0 Å². The van der Waals surface area contributed by atoms with E-state index in [2.05, 4.69) is 50.4 Å². The van der Waals surface area contributed by atoms with Crippen LogP contribution in [-0.2, 0) is 10.2 Å². The Kier molecular flexibility index (Phi) is 9.62. The molecule has 0 aromatic heterocycles. The largest absolute Gasteiger partial charge is 0.508 e. The van der Waals surface area contributed by atoms with Crippen LogP contribution in [-0.4, -0.2) is 24.2 Å². The number of benzene rings is 2. The molecule has 0 aliphatic heterocycles. The molecule has 2 atom stereocenters. The van der Waals surface area contributed by atoms with Gasteiger partial charge in [-0.2, -0.15) is 0 Å². The molecule has 2 aromatic carbocycles. The Balaban J connectivity index is 1.56. The maximum atomic E-state index is 11.9. The molecule has 0 spiro atoms. The lowest BCUT2D eigenvalue weighted by molar-refractivity contribution is -0.127. The number of aromatic hydroxyl groups is 1. The summed E-state index contributed by atoms with van der Waals surface area (Å²) in [4.78, 5) is 11.9. The number of nitrogens with one attached hydrogen (secondary N) is 1. The van der Waals surface area contributed by atoms with Crippen LogP contribution >= 0.6 is 0 Å². The quantitative estimate of drug-likeness (QED) is 0.255. The molecule has 4 heteroatoms. The Labute approximate surface area is 205 Å². The van der Waals surface area contributed by atoms with E-state index in [1.54, 1.807) is 12.1 Å². The van der Waals surface area contributed by atoms with Gasteiger partial charge in [-0.05, 0) is 80.3 Å². The summed E-state index contributed by atoms with van der Waals surface area (Å²) >= 11 is 0. The Bertz CT molecular complexity index is 915. The second-order valence-corrected chi connectivity index (χ2v) is 9.90. The molecule has 0 heterocycles. The van der Waals surface area contributed by atoms with E-state index in [0.717, 1.165) is 50.0 Å². The van der Waals surface area contributed by atoms with Gasteiger partial charge in [0.15, 0.2) is 0 Å². The molecule has 0 bridgehead atoms. The second kappa shape index (κ2) is 12.6. The average molecular weight is 464 g/mol. The number of phenols is 1. The first-order valence-corrected chi connectivity index (χ1v) is 12.9. The van der Waals surface area contributed by atoms with Crippen molar-refractivity contribution >= 4 is 5.91 Å². The number of hydrogen-bond donors (Lipinski definition) is 2. The summed E-state index contributed by atoms with van der Waals surface area (Å²) in [7, 11) is 0. The zero-order valence-corrected chi connectivity index (χ0v) is 21.1. The molecule has 0 radical (unpaired) electrons. The highest BCUT2D eigenvalue weighted by Crippen LogP contribution is 2.35. The van der Waals surface area contributed by atoms with E-state index in [1.165, 1.54) is 18.4 Å². The smallest absolute Gasteiger partial charge is 0.223 e. The lowest BCUT2D eigenvalue weighted by atomic mass is 9.75. The van der Waals surface area contributed by atoms with Gasteiger partial charge in [0, 0.05) is 17.9 Å². The molecule has 1 aliphatic carbocycles. The monoisotopic (exact) mass is 463 g/mol. The van der Waals surface area contributed by atoms with Crippen molar-refractivity contribution in [3.8, 4) is 11.5 Å². The van der Waals surface area contributed by atoms with Gasteiger partial charge in [0.1, 0.15) is 11.5 Å². The van der Waals surface area contributed by atoms with Crippen molar-refractivity contribution in [2.24, 2.45) is 11.8 Å². The Morgan fingerprint density at radius 3 is 2.35 bits per heavy atom. The zero-order chi connectivity index (χ0) is 24.4. The van der Waals surface area contributed by atoms with E-state index in [1.807, 2.05) is 24.3 Å². The highest BCUT2D eigenvalue weighted by Gasteiger charge is 2.26. The summed E-state index contributed by atoms with van der Waals surface area (Å²) in [6.45, 7) is 8.09. The fourth-order valence-corrected chi connectivity index (χ4v) is 4.21. The van der Waals surface area contributed by atoms with Gasteiger partial charge in [0.25, 0.3) is 0 Å². The van der Waals surface area contributed by atoms with Crippen molar-refractivity contribution in [1.82, 2.24) is 5.32 Å². The second-order valence-electron chi connectivity index (χ2n) is 9.90. The predicted octanol–water partition coefficient (Wildman–Crippen LogP) is 6.77. The minimum Gasteiger partial charge on any atom is -0.508 e. The third kappa shape index (κ3) is 7.12. The number of amides is 1. The SMILES string of the molecule is CCC(C)C/C=C/C(C)(c1ccc(O)cc1)c1ccc(OCCCCNC(=O)C2CCC2)cc1. The van der Waals surface area contributed by atoms with Gasteiger partial charge in [-0.25, -0.2) is 0 Å². The third-order valence-corrected chi connectivity index (χ3v) is 7.22. The fourth-order valence-electron chi connectivity index (χ4n) is 4.21. The molecule has 4 nitrogen and oxygen atoms in total. The highest BCUT2D eigenvalue weighted by molar-refractivity contribution is 5.79. The first-order chi connectivity index (χ1) is 16.4. The van der Waals surface area contributed by atoms with E-state index < -0.39 is 0 Å². The maximum absolute atomic E-state index is 11.9. The van der Waals surface area contributed by atoms with Gasteiger partial charge < -0.3 is 15.2 Å². The maximum Gasteiger partial charge on any atom is 0.223 e. The van der Waals surface area contributed by atoms with E-state index in [9.17, 15) is 9.90 Å². The molecule has 2 N–H and O–H groups in total. The molecule has 1 fully saturated rings. The first-order valence-electron chi connectivity index (χ1n) is 12.9. The van der Waals surface area contributed by atoms with Crippen LogP contribution in [0.25, 0.3) is 0 Å². The highest BCUT2D eigenvalue weighted by atomic mass is 16.5. The van der Waals surface area contributed by atoms with Crippen LogP contribution in [0.5, 0.6) is 11.5 Å². The van der Waals surface area contributed by atoms with Gasteiger partial charge >= 0.3 is 0 Å². The lowest BCUT2D eigenvalue weighted by Gasteiger charge is -2.28. The molecule has 1 amide bonds. The van der Waals surface area contributed by atoms with Crippen LogP contribution in [0.2, 0.25) is 0 Å². The van der Waals surface area contributed by atoms with Crippen molar-refractivity contribution in [3.05, 3.63) is 71.8 Å². The van der Waals surface area contributed by atoms with Crippen LogP contribution in [0.1, 0.15) is 76.8 Å². The molecule has 3 rings (SSSR count). The van der Waals surface area contributed by atoms with Crippen LogP contribution in [0.15, 0.2) is 60.7 Å². The first kappa shape index (κ1) is 25.9. The number of carbonyl (C=O) groups is 1. The van der Waals surface area contributed by atoms with Gasteiger partial charge in [-0.1, -0.05) is 63.1 Å². The van der Waals surface area contributed by atoms with Crippen LogP contribution in [0.4, 0.5) is 0 Å². The van der Waals surface area contributed by atoms with Crippen molar-refractivity contribution in [3.63, 3.8) is 0 Å². The minimum atomic E-state index is -0.293. The van der Waals surface area contributed by atoms with Gasteiger partial charge in [0.2, 0.25) is 5.91 Å². The van der Waals surface area contributed by atoms with Gasteiger partial charge in [0.05, 0.1) is 6.61 Å². The summed E-state index contributed by atoms with van der Waals surface area (Å²) in [5.41, 5.74) is 2.03. The van der Waals surface area contributed by atoms with Crippen molar-refractivity contribution in [1.29, 1.82) is 0 Å². The molecule has 1 saturated carbocycles. The van der Waals surface area contributed by atoms with E-state index in [0.29, 0.717) is 12.5 Å². The lowest BCUT2D eigenvalue weighted by Crippen LogP contribution is -2.35. The molecule has 0 saturated heterocycles. The number of hydrogen-bond acceptors (Lipinski definition) is 3. The van der Waals surface area contributed by atoms with Gasteiger partial charge in [-0.15, -0.1) is 0 Å². The number of rotatable bonds is 13. The molecule has 2 aromatic rings. The molecule has 1 aliphatic rings. The Morgan fingerprint density at radius 2 is 1.76 bits per heavy atom. The summed E-state index contributed by atoms with van der Waals surface area (Å²) in [5, 5.41) is 12.8. The number of phenolic OH excluding ortho intramolecular Hbond substituents is 1. The topological polar surface area (TPSA) is 58.6 Å². The number of carbonyl (C=O) groups excluding carboxylic acids is 1. The van der Waals surface area contributed by atoms with Crippen molar-refractivity contribution < 1.29 is 14.6 Å². The fraction of sp³-hybridized carbons (Fsp3) is 0.500. The standard InChI is InChI=1S/C30H41NO3/c1-4-23(2)9-8-20-30(3,25-12-16-27(32)17-13-25)26-14-18-28(19-15-26)34-22-6-5-21-31-29(33)24-10-7-11-24/h8,12-20,23-24,32H,4-7,9-11,21-22H2,1-3H3,(H,31,33)/b20-8+. The molecular weight excluding hydrogens is 422 g/mol. The molecule has 2 unspecified atom stereocenters. The van der Waals surface area contributed by atoms with Crippen molar-refractivity contribution in [2.75, 3.05) is 13.2 Å².